The summed E-state index contributed by atoms with van der Waals surface area (Å²) < 4.78 is 4.73. The van der Waals surface area contributed by atoms with Crippen LogP contribution in [0.25, 0.3) is 0 Å². The molecule has 1 aliphatic heterocycles. The van der Waals surface area contributed by atoms with Gasteiger partial charge >= 0.3 is 6.09 Å². The van der Waals surface area contributed by atoms with E-state index in [1.54, 1.807) is 18.7 Å². The highest BCUT2D eigenvalue weighted by atomic mass is 35.5. The largest absolute Gasteiger partial charge is 0.453 e. The van der Waals surface area contributed by atoms with Crippen molar-refractivity contribution in [2.75, 3.05) is 25.1 Å². The molecule has 10 heteroatoms. The third-order valence-corrected chi connectivity index (χ3v) is 6.26. The third-order valence-electron chi connectivity index (χ3n) is 6.26. The average molecular weight is 511 g/mol. The van der Waals surface area contributed by atoms with Gasteiger partial charge in [0.1, 0.15) is 5.92 Å². The SMILES string of the molecule is CCCCCCC(C(=O)NCC(C)(C)C(N)=O)C(=O)N1CC(NC(=O)OC)Cc2ccccc21.Cl. The normalized spacial score (nSPS) is 15.8. The molecule has 0 aromatic heterocycles. The van der Waals surface area contributed by atoms with Crippen LogP contribution in [0.1, 0.15) is 58.4 Å². The van der Waals surface area contributed by atoms with E-state index in [9.17, 15) is 19.2 Å². The van der Waals surface area contributed by atoms with Gasteiger partial charge in [0, 0.05) is 18.8 Å². The van der Waals surface area contributed by atoms with Crippen molar-refractivity contribution < 1.29 is 23.9 Å². The first-order valence-corrected chi connectivity index (χ1v) is 11.9. The summed E-state index contributed by atoms with van der Waals surface area (Å²) in [7, 11) is 1.29. The number of amides is 4. The van der Waals surface area contributed by atoms with Crippen LogP contribution in [-0.4, -0.2) is 50.1 Å². The molecule has 0 aliphatic carbocycles. The first-order valence-electron chi connectivity index (χ1n) is 11.9. The number of rotatable bonds is 11. The molecule has 196 valence electrons. The van der Waals surface area contributed by atoms with E-state index in [0.717, 1.165) is 36.9 Å². The van der Waals surface area contributed by atoms with Gasteiger partial charge in [0.15, 0.2) is 0 Å². The fourth-order valence-electron chi connectivity index (χ4n) is 3.97. The quantitative estimate of drug-likeness (QED) is 0.311. The minimum absolute atomic E-state index is 0. The molecule has 35 heavy (non-hydrogen) atoms. The van der Waals surface area contributed by atoms with Crippen LogP contribution in [0, 0.1) is 11.3 Å². The van der Waals surface area contributed by atoms with E-state index < -0.39 is 29.2 Å². The first-order chi connectivity index (χ1) is 16.1. The number of carbonyl (C=O) groups excluding carboxylic acids is 4. The maximum absolute atomic E-state index is 13.8. The Balaban J connectivity index is 0.00000612. The maximum Gasteiger partial charge on any atom is 0.407 e. The Morgan fingerprint density at radius 3 is 2.49 bits per heavy atom. The molecular formula is C25H39ClN4O5. The molecule has 2 rings (SSSR count). The van der Waals surface area contributed by atoms with Gasteiger partial charge in [0.25, 0.3) is 0 Å². The van der Waals surface area contributed by atoms with Crippen molar-refractivity contribution in [3.63, 3.8) is 0 Å². The summed E-state index contributed by atoms with van der Waals surface area (Å²) >= 11 is 0. The number of nitrogens with two attached hydrogens (primary N) is 1. The Labute approximate surface area is 213 Å². The standard InChI is InChI=1S/C25H38N4O5.ClH/c1-5-6-7-8-12-19(21(30)27-16-25(2,3)23(26)32)22(31)29-15-18(28-24(33)34-4)14-17-11-9-10-13-20(17)29;/h9-11,13,18-19H,5-8,12,14-16H2,1-4H3,(H2,26,32)(H,27,30)(H,28,33);1H. The van der Waals surface area contributed by atoms with Crippen molar-refractivity contribution in [1.29, 1.82) is 0 Å². The van der Waals surface area contributed by atoms with Crippen LogP contribution < -0.4 is 21.3 Å². The van der Waals surface area contributed by atoms with Crippen LogP contribution in [0.3, 0.4) is 0 Å². The van der Waals surface area contributed by atoms with E-state index >= 15 is 0 Å². The molecule has 1 aromatic carbocycles. The summed E-state index contributed by atoms with van der Waals surface area (Å²) in [6.07, 6.45) is 4.09. The van der Waals surface area contributed by atoms with E-state index in [4.69, 9.17) is 10.5 Å². The van der Waals surface area contributed by atoms with E-state index in [1.165, 1.54) is 7.11 Å². The highest BCUT2D eigenvalue weighted by Gasteiger charge is 2.37. The van der Waals surface area contributed by atoms with Gasteiger partial charge in [0.2, 0.25) is 17.7 Å². The number of carbonyl (C=O) groups is 4. The molecule has 4 N–H and O–H groups in total. The number of anilines is 1. The molecule has 0 fully saturated rings. The van der Waals surface area contributed by atoms with Gasteiger partial charge < -0.3 is 26.0 Å². The number of para-hydroxylation sites is 1. The molecule has 0 radical (unpaired) electrons. The zero-order valence-electron chi connectivity index (χ0n) is 21.1. The Kier molecular flexibility index (Phi) is 12.0. The van der Waals surface area contributed by atoms with Crippen molar-refractivity contribution in [3.05, 3.63) is 29.8 Å². The van der Waals surface area contributed by atoms with Gasteiger partial charge in [-0.3, -0.25) is 14.4 Å². The van der Waals surface area contributed by atoms with Crippen LogP contribution >= 0.6 is 12.4 Å². The molecule has 2 unspecified atom stereocenters. The van der Waals surface area contributed by atoms with Gasteiger partial charge in [-0.25, -0.2) is 4.79 Å². The summed E-state index contributed by atoms with van der Waals surface area (Å²) in [5.74, 6) is -2.18. The van der Waals surface area contributed by atoms with Crippen molar-refractivity contribution >= 4 is 41.9 Å². The van der Waals surface area contributed by atoms with Gasteiger partial charge in [0.05, 0.1) is 18.6 Å². The number of alkyl carbamates (subject to hydrolysis) is 1. The predicted octanol–water partition coefficient (Wildman–Crippen LogP) is 2.94. The number of fused-ring (bicyclic) bond motifs is 1. The molecule has 2 atom stereocenters. The smallest absolute Gasteiger partial charge is 0.407 e. The fourth-order valence-corrected chi connectivity index (χ4v) is 3.97. The van der Waals surface area contributed by atoms with Crippen LogP contribution in [0.5, 0.6) is 0 Å². The fraction of sp³-hybridized carbons (Fsp3) is 0.600. The first kappa shape index (κ1) is 30.2. The second-order valence-corrected chi connectivity index (χ2v) is 9.48. The van der Waals surface area contributed by atoms with E-state index in [-0.39, 0.29) is 37.4 Å². The Morgan fingerprint density at radius 2 is 1.86 bits per heavy atom. The number of benzene rings is 1. The second kappa shape index (κ2) is 13.9. The molecule has 1 aromatic rings. The maximum atomic E-state index is 13.8. The molecular weight excluding hydrogens is 472 g/mol. The topological polar surface area (TPSA) is 131 Å². The predicted molar refractivity (Wildman–Crippen MR) is 137 cm³/mol. The summed E-state index contributed by atoms with van der Waals surface area (Å²) in [6, 6.07) is 7.14. The number of nitrogens with zero attached hydrogens (tertiary/aromatic N) is 1. The lowest BCUT2D eigenvalue weighted by atomic mass is 9.91. The lowest BCUT2D eigenvalue weighted by molar-refractivity contribution is -0.134. The van der Waals surface area contributed by atoms with E-state index in [2.05, 4.69) is 17.6 Å². The monoisotopic (exact) mass is 510 g/mol. The summed E-state index contributed by atoms with van der Waals surface area (Å²) in [6.45, 7) is 5.68. The van der Waals surface area contributed by atoms with Crippen molar-refractivity contribution in [2.45, 2.75) is 65.3 Å². The molecule has 0 bridgehead atoms. The zero-order valence-corrected chi connectivity index (χ0v) is 21.9. The molecule has 1 heterocycles. The van der Waals surface area contributed by atoms with Crippen molar-refractivity contribution in [1.82, 2.24) is 10.6 Å². The number of hydrogen-bond acceptors (Lipinski definition) is 5. The highest BCUT2D eigenvalue weighted by molar-refractivity contribution is 6.08. The summed E-state index contributed by atoms with van der Waals surface area (Å²) in [4.78, 5) is 52.0. The van der Waals surface area contributed by atoms with Crippen LogP contribution in [0.4, 0.5) is 10.5 Å². The highest BCUT2D eigenvalue weighted by Crippen LogP contribution is 2.29. The average Bonchev–Trinajstić information content (AvgIpc) is 2.81. The molecule has 0 saturated carbocycles. The summed E-state index contributed by atoms with van der Waals surface area (Å²) in [5, 5.41) is 5.54. The zero-order chi connectivity index (χ0) is 25.3. The van der Waals surface area contributed by atoms with E-state index in [1.807, 2.05) is 24.3 Å². The lowest BCUT2D eigenvalue weighted by Crippen LogP contribution is -2.54. The lowest BCUT2D eigenvalue weighted by Gasteiger charge is -2.36. The Hall–Kier alpha value is -2.81. The summed E-state index contributed by atoms with van der Waals surface area (Å²) in [5.41, 5.74) is 6.14. The van der Waals surface area contributed by atoms with Crippen molar-refractivity contribution in [3.8, 4) is 0 Å². The number of ether oxygens (including phenoxy) is 1. The van der Waals surface area contributed by atoms with Gasteiger partial charge in [-0.05, 0) is 38.3 Å². The number of nitrogens with one attached hydrogen (secondary N) is 2. The molecule has 0 spiro atoms. The minimum atomic E-state index is -0.932. The molecule has 9 nitrogen and oxygen atoms in total. The van der Waals surface area contributed by atoms with Crippen LogP contribution in [0.15, 0.2) is 24.3 Å². The Bertz CT molecular complexity index is 892. The third kappa shape index (κ3) is 8.42. The van der Waals surface area contributed by atoms with Crippen LogP contribution in [-0.2, 0) is 25.5 Å². The van der Waals surface area contributed by atoms with Gasteiger partial charge in [-0.1, -0.05) is 50.8 Å². The van der Waals surface area contributed by atoms with Gasteiger partial charge in [-0.15, -0.1) is 12.4 Å². The van der Waals surface area contributed by atoms with E-state index in [0.29, 0.717) is 12.8 Å². The second-order valence-electron chi connectivity index (χ2n) is 9.48. The molecule has 1 aliphatic rings. The molecule has 4 amide bonds. The van der Waals surface area contributed by atoms with Gasteiger partial charge in [-0.2, -0.15) is 0 Å². The van der Waals surface area contributed by atoms with Crippen LogP contribution in [0.2, 0.25) is 0 Å². The Morgan fingerprint density at radius 1 is 1.17 bits per heavy atom. The number of halogens is 1. The number of unbranched alkanes of at least 4 members (excludes halogenated alkanes) is 3. The number of primary amides is 1. The van der Waals surface area contributed by atoms with Crippen molar-refractivity contribution in [2.24, 2.45) is 17.1 Å². The minimum Gasteiger partial charge on any atom is -0.453 e. The molecule has 0 saturated heterocycles. The number of methoxy groups -OCH3 is 1. The number of hydrogen-bond donors (Lipinski definition) is 3.